The minimum Gasteiger partial charge on any atom is -0.481 e. The first-order valence-corrected chi connectivity index (χ1v) is 12.8. The van der Waals surface area contributed by atoms with Crippen LogP contribution in [-0.4, -0.2) is 33.0 Å². The van der Waals surface area contributed by atoms with Gasteiger partial charge < -0.3 is 15.2 Å². The summed E-state index contributed by atoms with van der Waals surface area (Å²) in [5, 5.41) is 19.8. The molecule has 0 saturated carbocycles. The number of para-hydroxylation sites is 1. The largest absolute Gasteiger partial charge is 0.481 e. The van der Waals surface area contributed by atoms with E-state index in [1.165, 1.54) is 10.5 Å². The number of ketones is 1. The number of aromatic nitrogens is 1. The third kappa shape index (κ3) is 6.29. The number of hydrogen-bond donors (Lipinski definition) is 3. The lowest BCUT2D eigenvalue weighted by Crippen LogP contribution is -2.28. The highest BCUT2D eigenvalue weighted by Gasteiger charge is 2.22. The number of nitrogens with zero attached hydrogens (tertiary/aromatic N) is 1. The van der Waals surface area contributed by atoms with Gasteiger partial charge in [0.15, 0.2) is 5.78 Å². The molecule has 0 aliphatic rings. The predicted octanol–water partition coefficient (Wildman–Crippen LogP) is 6.69. The van der Waals surface area contributed by atoms with Gasteiger partial charge in [-0.1, -0.05) is 68.4 Å². The van der Waals surface area contributed by atoms with Crippen molar-refractivity contribution in [1.82, 2.24) is 4.98 Å². The highest BCUT2D eigenvalue weighted by Crippen LogP contribution is 2.28. The van der Waals surface area contributed by atoms with E-state index in [1.54, 1.807) is 24.3 Å². The average molecular weight is 513 g/mol. The van der Waals surface area contributed by atoms with Gasteiger partial charge in [0.25, 0.3) is 0 Å². The molecule has 0 atom stereocenters. The van der Waals surface area contributed by atoms with E-state index in [0.717, 1.165) is 22.9 Å². The minimum atomic E-state index is -1.11. The molecular formula is C31H32N2O5. The van der Waals surface area contributed by atoms with Crippen molar-refractivity contribution in [2.45, 2.75) is 46.1 Å². The van der Waals surface area contributed by atoms with E-state index in [0.29, 0.717) is 41.3 Å². The Morgan fingerprint density at radius 3 is 2.29 bits per heavy atom. The van der Waals surface area contributed by atoms with Crippen LogP contribution in [0.25, 0.3) is 10.9 Å². The molecule has 7 nitrogen and oxygen atoms in total. The standard InChI is InChI=1S/C31H32N2O5/c1-20(2)17-21-13-15-22(16-14-21)19-33(31(37)38)24-8-5-7-23(18-24)30(36)29-25-9-3-4-10-26(25)32-27(29)11-6-12-28(34)35/h3-5,7-10,13-16,18,20,32H,6,11-12,17,19H2,1-2H3,(H,34,35)(H,37,38). The molecule has 196 valence electrons. The number of nitrogens with one attached hydrogen (secondary N) is 1. The smallest absolute Gasteiger partial charge is 0.412 e. The van der Waals surface area contributed by atoms with Gasteiger partial charge in [-0.3, -0.25) is 14.5 Å². The van der Waals surface area contributed by atoms with Crippen LogP contribution < -0.4 is 4.90 Å². The van der Waals surface area contributed by atoms with Crippen LogP contribution in [0, 0.1) is 5.92 Å². The third-order valence-electron chi connectivity index (χ3n) is 6.49. The molecule has 0 aliphatic heterocycles. The van der Waals surface area contributed by atoms with Crippen LogP contribution in [-0.2, 0) is 24.2 Å². The maximum atomic E-state index is 13.8. The van der Waals surface area contributed by atoms with Crippen molar-refractivity contribution < 1.29 is 24.6 Å². The van der Waals surface area contributed by atoms with Crippen molar-refractivity contribution in [3.05, 3.63) is 101 Å². The molecular weight excluding hydrogens is 480 g/mol. The number of aryl methyl sites for hydroxylation is 1. The molecule has 7 heteroatoms. The van der Waals surface area contributed by atoms with Crippen molar-refractivity contribution in [1.29, 1.82) is 0 Å². The van der Waals surface area contributed by atoms with Crippen LogP contribution in [0.4, 0.5) is 10.5 Å². The lowest BCUT2D eigenvalue weighted by molar-refractivity contribution is -0.137. The van der Waals surface area contributed by atoms with Gasteiger partial charge in [-0.2, -0.15) is 0 Å². The maximum Gasteiger partial charge on any atom is 0.412 e. The average Bonchev–Trinajstić information content (AvgIpc) is 3.25. The number of carbonyl (C=O) groups is 3. The van der Waals surface area contributed by atoms with E-state index >= 15 is 0 Å². The fraction of sp³-hybridized carbons (Fsp3) is 0.258. The van der Waals surface area contributed by atoms with Gasteiger partial charge in [0.2, 0.25) is 0 Å². The Morgan fingerprint density at radius 2 is 1.61 bits per heavy atom. The van der Waals surface area contributed by atoms with Gasteiger partial charge in [-0.25, -0.2) is 4.79 Å². The Bertz CT molecular complexity index is 1450. The number of aromatic amines is 1. The monoisotopic (exact) mass is 512 g/mol. The van der Waals surface area contributed by atoms with Crippen LogP contribution >= 0.6 is 0 Å². The first kappa shape index (κ1) is 26.7. The molecule has 1 heterocycles. The highest BCUT2D eigenvalue weighted by atomic mass is 16.4. The van der Waals surface area contributed by atoms with Crippen LogP contribution in [0.2, 0.25) is 0 Å². The zero-order valence-electron chi connectivity index (χ0n) is 21.6. The molecule has 0 saturated heterocycles. The lowest BCUT2D eigenvalue weighted by atomic mass is 9.97. The van der Waals surface area contributed by atoms with E-state index in [2.05, 4.69) is 18.8 Å². The Balaban J connectivity index is 1.63. The number of rotatable bonds is 11. The summed E-state index contributed by atoms with van der Waals surface area (Å²) in [6.45, 7) is 4.47. The minimum absolute atomic E-state index is 0.00447. The highest BCUT2D eigenvalue weighted by molar-refractivity contribution is 6.17. The maximum absolute atomic E-state index is 13.8. The summed E-state index contributed by atoms with van der Waals surface area (Å²) in [6.07, 6.45) is 0.660. The van der Waals surface area contributed by atoms with Crippen LogP contribution in [0.1, 0.15) is 59.4 Å². The fourth-order valence-corrected chi connectivity index (χ4v) is 4.72. The van der Waals surface area contributed by atoms with E-state index in [9.17, 15) is 19.5 Å². The number of aliphatic carboxylic acids is 1. The number of H-pyrrole nitrogens is 1. The number of carbonyl (C=O) groups excluding carboxylic acids is 1. The van der Waals surface area contributed by atoms with Crippen molar-refractivity contribution in [2.75, 3.05) is 4.90 Å². The Labute approximate surface area is 221 Å². The van der Waals surface area contributed by atoms with Gasteiger partial charge in [0.05, 0.1) is 12.1 Å². The zero-order chi connectivity index (χ0) is 27.2. The number of fused-ring (bicyclic) bond motifs is 1. The van der Waals surface area contributed by atoms with Gasteiger partial charge in [-0.05, 0) is 54.5 Å². The lowest BCUT2D eigenvalue weighted by Gasteiger charge is -2.20. The third-order valence-corrected chi connectivity index (χ3v) is 6.49. The molecule has 0 aliphatic carbocycles. The summed E-state index contributed by atoms with van der Waals surface area (Å²) in [5.41, 5.74) is 4.80. The molecule has 38 heavy (non-hydrogen) atoms. The topological polar surface area (TPSA) is 111 Å². The molecule has 0 spiro atoms. The number of amides is 1. The number of carboxylic acid groups (broad SMARTS) is 2. The molecule has 3 N–H and O–H groups in total. The normalized spacial score (nSPS) is 11.1. The van der Waals surface area contributed by atoms with Crippen LogP contribution in [0.5, 0.6) is 0 Å². The summed E-state index contributed by atoms with van der Waals surface area (Å²) in [4.78, 5) is 41.5. The van der Waals surface area contributed by atoms with Crippen molar-refractivity contribution >= 4 is 34.4 Å². The zero-order valence-corrected chi connectivity index (χ0v) is 21.6. The van der Waals surface area contributed by atoms with Crippen molar-refractivity contribution in [3.8, 4) is 0 Å². The molecule has 0 unspecified atom stereocenters. The number of carboxylic acids is 1. The van der Waals surface area contributed by atoms with Crippen LogP contribution in [0.3, 0.4) is 0 Å². The first-order valence-electron chi connectivity index (χ1n) is 12.8. The molecule has 4 rings (SSSR count). The predicted molar refractivity (Wildman–Crippen MR) is 148 cm³/mol. The number of anilines is 1. The van der Waals surface area contributed by atoms with Crippen molar-refractivity contribution in [3.63, 3.8) is 0 Å². The summed E-state index contributed by atoms with van der Waals surface area (Å²) >= 11 is 0. The summed E-state index contributed by atoms with van der Waals surface area (Å²) in [6, 6.07) is 22.0. The quantitative estimate of drug-likeness (QED) is 0.194. The second-order valence-electron chi connectivity index (χ2n) is 9.93. The number of benzene rings is 3. The van der Waals surface area contributed by atoms with E-state index in [-0.39, 0.29) is 18.7 Å². The van der Waals surface area contributed by atoms with Gasteiger partial charge >= 0.3 is 12.1 Å². The molecule has 3 aromatic carbocycles. The Morgan fingerprint density at radius 1 is 0.895 bits per heavy atom. The van der Waals surface area contributed by atoms with Crippen LogP contribution in [0.15, 0.2) is 72.8 Å². The molecule has 0 radical (unpaired) electrons. The summed E-state index contributed by atoms with van der Waals surface area (Å²) < 4.78 is 0. The Hall–Kier alpha value is -4.39. The first-order chi connectivity index (χ1) is 18.2. The van der Waals surface area contributed by atoms with E-state index in [1.807, 2.05) is 48.5 Å². The molecule has 0 fully saturated rings. The summed E-state index contributed by atoms with van der Waals surface area (Å²) in [7, 11) is 0. The fourth-order valence-electron chi connectivity index (χ4n) is 4.72. The SMILES string of the molecule is CC(C)Cc1ccc(CN(C(=O)O)c2cccc(C(=O)c3c(CCCC(=O)O)[nH]c4ccccc34)c2)cc1. The van der Waals surface area contributed by atoms with Gasteiger partial charge in [-0.15, -0.1) is 0 Å². The molecule has 0 bridgehead atoms. The van der Waals surface area contributed by atoms with E-state index in [4.69, 9.17) is 5.11 Å². The number of hydrogen-bond acceptors (Lipinski definition) is 3. The second kappa shape index (κ2) is 11.8. The van der Waals surface area contributed by atoms with Gasteiger partial charge in [0, 0.05) is 34.3 Å². The van der Waals surface area contributed by atoms with E-state index < -0.39 is 12.1 Å². The summed E-state index contributed by atoms with van der Waals surface area (Å²) in [5.74, 6) is -0.588. The molecule has 1 aromatic heterocycles. The van der Waals surface area contributed by atoms with Crippen molar-refractivity contribution in [2.24, 2.45) is 5.92 Å². The molecule has 4 aromatic rings. The second-order valence-corrected chi connectivity index (χ2v) is 9.93. The molecule has 1 amide bonds. The van der Waals surface area contributed by atoms with Gasteiger partial charge in [0.1, 0.15) is 0 Å². The Kier molecular flexibility index (Phi) is 8.26.